The van der Waals surface area contributed by atoms with Crippen molar-refractivity contribution in [1.29, 1.82) is 0 Å². The molecule has 0 spiro atoms. The van der Waals surface area contributed by atoms with Gasteiger partial charge in [-0.1, -0.05) is 177 Å². The van der Waals surface area contributed by atoms with E-state index in [2.05, 4.69) is 215 Å². The fourth-order valence-corrected chi connectivity index (χ4v) is 11.8. The number of rotatable bonds is 10. The minimum absolute atomic E-state index is 0.0881. The Hall–Kier alpha value is -3.40. The molecule has 6 aromatic rings. The third-order valence-corrected chi connectivity index (χ3v) is 15.6. The molecule has 2 aromatic heterocycles. The number of hydrogen-bond acceptors (Lipinski definition) is 6. The first-order valence-corrected chi connectivity index (χ1v) is 28.0. The predicted octanol–water partition coefficient (Wildman–Crippen LogP) is 19.8. The zero-order valence-electron chi connectivity index (χ0n) is 47.4. The van der Waals surface area contributed by atoms with Crippen LogP contribution in [0.4, 0.5) is 0 Å². The van der Waals surface area contributed by atoms with Crippen molar-refractivity contribution in [3.05, 3.63) is 93.0 Å². The molecule has 0 fully saturated rings. The van der Waals surface area contributed by atoms with Gasteiger partial charge in [0.25, 0.3) is 0 Å². The molecule has 2 atom stereocenters. The van der Waals surface area contributed by atoms with Crippen LogP contribution in [0.15, 0.2) is 65.3 Å². The van der Waals surface area contributed by atoms with Gasteiger partial charge in [-0.15, -0.1) is 0 Å². The summed E-state index contributed by atoms with van der Waals surface area (Å²) in [6, 6.07) is 18.8. The van der Waals surface area contributed by atoms with E-state index in [1.54, 1.807) is 0 Å². The van der Waals surface area contributed by atoms with Crippen molar-refractivity contribution in [2.45, 2.75) is 230 Å². The zero-order chi connectivity index (χ0) is 51.7. The van der Waals surface area contributed by atoms with Crippen molar-refractivity contribution < 1.29 is 25.8 Å². The monoisotopic (exact) mass is 981 g/mol. The highest BCUT2D eigenvalue weighted by molar-refractivity contribution is 7.32. The first-order chi connectivity index (χ1) is 31.4. The summed E-state index contributed by atoms with van der Waals surface area (Å²) < 4.78 is 42.5. The van der Waals surface area contributed by atoms with Gasteiger partial charge >= 0.3 is 16.5 Å². The van der Waals surface area contributed by atoms with Crippen LogP contribution in [0, 0.1) is 11.8 Å². The van der Waals surface area contributed by atoms with Crippen LogP contribution < -0.4 is 9.05 Å². The Labute approximate surface area is 419 Å². The molecule has 6 nitrogen and oxygen atoms in total. The van der Waals surface area contributed by atoms with Gasteiger partial charge in [0, 0.05) is 50.2 Å². The van der Waals surface area contributed by atoms with E-state index in [-0.39, 0.29) is 44.7 Å². The molecule has 0 unspecified atom stereocenters. The SMILES string of the molecule is CC(C)Cc1cc(C(C)(C)C)c2op(O[C@H](C)C[C@@H](C)Op3oc4c(C(C)(C)C)cc(C(C)(C)C)cc4c4cc(C(C)(C)C)cc(C(C)(C)C)c4o3)oc3c(C(C)(C)C)cc(CC(C)C)cc3c2c1. The van der Waals surface area contributed by atoms with Gasteiger partial charge < -0.3 is 16.8 Å². The summed E-state index contributed by atoms with van der Waals surface area (Å²) in [7, 11) is -3.79. The molecule has 0 amide bonds. The van der Waals surface area contributed by atoms with Crippen molar-refractivity contribution in [2.75, 3.05) is 0 Å². The van der Waals surface area contributed by atoms with Gasteiger partial charge in [-0.2, -0.15) is 0 Å². The number of benzene rings is 4. The van der Waals surface area contributed by atoms with Crippen LogP contribution in [0.3, 0.4) is 0 Å². The van der Waals surface area contributed by atoms with E-state index in [4.69, 9.17) is 25.8 Å². The molecule has 2 heterocycles. The molecule has 0 radical (unpaired) electrons. The van der Waals surface area contributed by atoms with Crippen molar-refractivity contribution in [3.63, 3.8) is 0 Å². The first-order valence-electron chi connectivity index (χ1n) is 25.8. The van der Waals surface area contributed by atoms with Gasteiger partial charge in [-0.05, 0) is 118 Å². The third-order valence-electron chi connectivity index (χ3n) is 13.2. The van der Waals surface area contributed by atoms with Gasteiger partial charge in [0.2, 0.25) is 0 Å². The van der Waals surface area contributed by atoms with Gasteiger partial charge in [-0.25, -0.2) is 0 Å². The van der Waals surface area contributed by atoms with Gasteiger partial charge in [-0.3, -0.25) is 9.05 Å². The maximum absolute atomic E-state index is 7.15. The molecule has 6 rings (SSSR count). The molecule has 0 aliphatic heterocycles. The second-order valence-electron chi connectivity index (χ2n) is 27.4. The zero-order valence-corrected chi connectivity index (χ0v) is 49.2. The number of fused-ring (bicyclic) bond motifs is 6. The maximum atomic E-state index is 7.15. The van der Waals surface area contributed by atoms with Crippen molar-refractivity contribution >= 4 is 60.4 Å². The highest BCUT2D eigenvalue weighted by Gasteiger charge is 2.31. The molecule has 0 N–H and O–H groups in total. The molecule has 0 saturated heterocycles. The van der Waals surface area contributed by atoms with E-state index in [0.717, 1.165) is 67.8 Å². The second-order valence-corrected chi connectivity index (χ2v) is 29.5. The van der Waals surface area contributed by atoms with Crippen molar-refractivity contribution in [1.82, 2.24) is 0 Å². The molecule has 69 heavy (non-hydrogen) atoms. The highest BCUT2D eigenvalue weighted by atomic mass is 31.1. The van der Waals surface area contributed by atoms with E-state index in [9.17, 15) is 0 Å². The predicted molar refractivity (Wildman–Crippen MR) is 299 cm³/mol. The summed E-state index contributed by atoms with van der Waals surface area (Å²) >= 11 is 0. The smallest absolute Gasteiger partial charge is 0.387 e. The van der Waals surface area contributed by atoms with E-state index < -0.39 is 16.5 Å². The lowest BCUT2D eigenvalue weighted by Crippen LogP contribution is -2.21. The largest absolute Gasteiger partial charge is 0.399 e. The van der Waals surface area contributed by atoms with Gasteiger partial charge in [0.15, 0.2) is 0 Å². The Morgan fingerprint density at radius 1 is 0.362 bits per heavy atom. The Kier molecular flexibility index (Phi) is 15.6. The third kappa shape index (κ3) is 12.8. The van der Waals surface area contributed by atoms with Crippen LogP contribution in [0.1, 0.15) is 217 Å². The molecule has 8 heteroatoms. The van der Waals surface area contributed by atoms with Crippen LogP contribution in [0.2, 0.25) is 0 Å². The van der Waals surface area contributed by atoms with Crippen LogP contribution in [-0.2, 0) is 45.3 Å². The highest BCUT2D eigenvalue weighted by Crippen LogP contribution is 2.47. The first kappa shape index (κ1) is 54.9. The minimum Gasteiger partial charge on any atom is -0.399 e. The Morgan fingerprint density at radius 2 is 0.623 bits per heavy atom. The summed E-state index contributed by atoms with van der Waals surface area (Å²) in [4.78, 5) is 0. The maximum Gasteiger partial charge on any atom is 0.387 e. The van der Waals surface area contributed by atoms with E-state index in [0.29, 0.717) is 18.3 Å². The average Bonchev–Trinajstić information content (AvgIpc) is 3.40. The molecular formula is C61H90O6P2. The van der Waals surface area contributed by atoms with E-state index in [1.807, 2.05) is 0 Å². The van der Waals surface area contributed by atoms with Crippen LogP contribution in [-0.4, -0.2) is 12.2 Å². The van der Waals surface area contributed by atoms with E-state index in [1.165, 1.54) is 33.4 Å². The van der Waals surface area contributed by atoms with Gasteiger partial charge in [0.05, 0.1) is 12.2 Å². The summed E-state index contributed by atoms with van der Waals surface area (Å²) in [6.45, 7) is 54.3. The lowest BCUT2D eigenvalue weighted by molar-refractivity contribution is 0.184. The van der Waals surface area contributed by atoms with Crippen LogP contribution >= 0.6 is 16.5 Å². The summed E-state index contributed by atoms with van der Waals surface area (Å²) in [6.07, 6.45) is 1.91. The lowest BCUT2D eigenvalue weighted by atomic mass is 9.77. The molecule has 0 aliphatic carbocycles. The topological polar surface area (TPSA) is 71.0 Å². The van der Waals surface area contributed by atoms with Crippen molar-refractivity contribution in [3.8, 4) is 0 Å². The van der Waals surface area contributed by atoms with Gasteiger partial charge in [0.1, 0.15) is 22.3 Å². The summed E-state index contributed by atoms with van der Waals surface area (Å²) in [5.41, 5.74) is 12.1. The molecular weight excluding hydrogens is 891 g/mol. The summed E-state index contributed by atoms with van der Waals surface area (Å²) in [5, 5.41) is 4.28. The number of hydrogen-bond donors (Lipinski definition) is 0. The fourth-order valence-electron chi connectivity index (χ4n) is 9.37. The lowest BCUT2D eigenvalue weighted by Gasteiger charge is -2.27. The fraction of sp³-hybridized carbons (Fsp3) is 0.607. The Morgan fingerprint density at radius 3 is 0.870 bits per heavy atom. The van der Waals surface area contributed by atoms with E-state index >= 15 is 0 Å². The molecule has 0 aliphatic rings. The molecule has 4 aromatic carbocycles. The average molecular weight is 981 g/mol. The van der Waals surface area contributed by atoms with Crippen LogP contribution in [0.5, 0.6) is 0 Å². The Balaban J connectivity index is 1.54. The second kappa shape index (κ2) is 19.6. The molecule has 0 saturated carbocycles. The quantitative estimate of drug-likeness (QED) is 0.136. The summed E-state index contributed by atoms with van der Waals surface area (Å²) in [5.74, 6) is 1.01. The minimum atomic E-state index is -1.90. The Bertz CT molecular complexity index is 2720. The molecule has 0 bridgehead atoms. The molecule has 380 valence electrons. The van der Waals surface area contributed by atoms with Crippen LogP contribution in [0.25, 0.3) is 43.9 Å². The normalized spacial score (nSPS) is 14.5. The van der Waals surface area contributed by atoms with Crippen molar-refractivity contribution in [2.24, 2.45) is 11.8 Å². The standard InChI is InChI=1S/C61H90O6P2/c1-36(2)25-40-28-44-45-29-41(26-37(3)4)31-49(59(16,17)18)53(45)65-68(64-52(44)48(30-40)58(13,14)15)62-38(5)27-39(6)63-69-66-54-46(32-42(56(7,8)9)34-50(54)60(19,20)21)47-33-43(57(10,11)12)35-51(55(47)67-69)61(22,23)24/h28-39H,25-27H2,1-24H3/t38-,39-/m1/s1.